The van der Waals surface area contributed by atoms with Crippen LogP contribution < -0.4 is 5.73 Å². The number of thioether (sulfide) groups is 1. The van der Waals surface area contributed by atoms with Crippen molar-refractivity contribution in [2.24, 2.45) is 0 Å². The molecule has 0 heterocycles. The lowest BCUT2D eigenvalue weighted by atomic mass is 10.3. The molecule has 0 saturated carbocycles. The summed E-state index contributed by atoms with van der Waals surface area (Å²) in [4.78, 5) is 0. The van der Waals surface area contributed by atoms with Crippen LogP contribution in [0.1, 0.15) is 6.42 Å². The van der Waals surface area contributed by atoms with Gasteiger partial charge in [0.1, 0.15) is 0 Å². The fourth-order valence-corrected chi connectivity index (χ4v) is 1.13. The second kappa shape index (κ2) is 5.79. The molecule has 0 fully saturated rings. The molecule has 0 aliphatic carbocycles. The van der Waals surface area contributed by atoms with Gasteiger partial charge in [0.05, 0.1) is 6.04 Å². The molecule has 0 aromatic heterocycles. The smallest absolute Gasteiger partial charge is 0.0940 e. The van der Waals surface area contributed by atoms with Crippen molar-refractivity contribution in [1.82, 2.24) is 0 Å². The van der Waals surface area contributed by atoms with E-state index < -0.39 is 0 Å². The van der Waals surface area contributed by atoms with Gasteiger partial charge in [0.25, 0.3) is 0 Å². The predicted molar refractivity (Wildman–Crippen MR) is 43.5 cm³/mol. The van der Waals surface area contributed by atoms with Crippen molar-refractivity contribution in [1.29, 1.82) is 0 Å². The first-order valence-corrected chi connectivity index (χ1v) is 4.76. The molecule has 0 saturated heterocycles. The first-order chi connectivity index (χ1) is 3.81. The van der Waals surface area contributed by atoms with Crippen molar-refractivity contribution in [3.05, 3.63) is 0 Å². The molecule has 50 valence electrons. The third-order valence-corrected chi connectivity index (χ3v) is 2.15. The van der Waals surface area contributed by atoms with E-state index in [0.717, 1.165) is 5.75 Å². The van der Waals surface area contributed by atoms with Crippen LogP contribution in [0.25, 0.3) is 0 Å². The highest BCUT2D eigenvalue weighted by Gasteiger charge is 1.99. The van der Waals surface area contributed by atoms with E-state index in [1.165, 1.54) is 12.2 Å². The molecule has 0 bridgehead atoms. The Labute approximate surface area is 60.8 Å². The van der Waals surface area contributed by atoms with Crippen LogP contribution in [0.4, 0.5) is 0 Å². The lowest BCUT2D eigenvalue weighted by Gasteiger charge is -2.00. The van der Waals surface area contributed by atoms with Crippen LogP contribution in [0.15, 0.2) is 0 Å². The van der Waals surface area contributed by atoms with Gasteiger partial charge in [0.2, 0.25) is 0 Å². The van der Waals surface area contributed by atoms with Crippen molar-refractivity contribution in [2.75, 3.05) is 17.8 Å². The molecule has 3 heteroatoms. The molecule has 1 nitrogen and oxygen atoms in total. The Morgan fingerprint density at radius 2 is 2.38 bits per heavy atom. The maximum absolute atomic E-state index is 4.12. The number of thiol groups is 1. The van der Waals surface area contributed by atoms with Gasteiger partial charge in [-0.1, -0.05) is 0 Å². The molecule has 0 aliphatic rings. The highest BCUT2D eigenvalue weighted by molar-refractivity contribution is 7.98. The average Bonchev–Trinajstić information content (AvgIpc) is 1.83. The quantitative estimate of drug-likeness (QED) is 0.556. The van der Waals surface area contributed by atoms with Gasteiger partial charge in [-0.2, -0.15) is 24.4 Å². The minimum Gasteiger partial charge on any atom is -0.354 e. The van der Waals surface area contributed by atoms with Crippen LogP contribution in [0.3, 0.4) is 0 Å². The van der Waals surface area contributed by atoms with Crippen LogP contribution in [0, 0.1) is 0 Å². The first-order valence-electron chi connectivity index (χ1n) is 2.74. The maximum Gasteiger partial charge on any atom is 0.0940 e. The van der Waals surface area contributed by atoms with Gasteiger partial charge in [-0.3, -0.25) is 0 Å². The van der Waals surface area contributed by atoms with Crippen molar-refractivity contribution in [2.45, 2.75) is 12.5 Å². The molecule has 1 atom stereocenters. The second-order valence-electron chi connectivity index (χ2n) is 1.83. The van der Waals surface area contributed by atoms with Gasteiger partial charge in [-0.25, -0.2) is 0 Å². The molecule has 0 radical (unpaired) electrons. The van der Waals surface area contributed by atoms with E-state index in [1.807, 2.05) is 11.8 Å². The Kier molecular flexibility index (Phi) is 6.27. The van der Waals surface area contributed by atoms with Crippen molar-refractivity contribution >= 4 is 24.4 Å². The Morgan fingerprint density at radius 3 is 2.75 bits per heavy atom. The second-order valence-corrected chi connectivity index (χ2v) is 3.18. The monoisotopic (exact) mass is 152 g/mol. The fourth-order valence-electron chi connectivity index (χ4n) is 0.376. The number of hydrogen-bond donors (Lipinski definition) is 2. The van der Waals surface area contributed by atoms with Crippen LogP contribution in [-0.4, -0.2) is 23.8 Å². The predicted octanol–water partition coefficient (Wildman–Crippen LogP) is 0.280. The van der Waals surface area contributed by atoms with E-state index in [-0.39, 0.29) is 0 Å². The summed E-state index contributed by atoms with van der Waals surface area (Å²) in [6.07, 6.45) is 3.32. The standard InChI is InChI=1S/C5H13NS2/c1-8-3-2-5(6)4-7/h5,7H,2-4,6H2,1H3/p+1. The summed E-state index contributed by atoms with van der Waals surface area (Å²) in [5, 5.41) is 0. The molecule has 0 aliphatic heterocycles. The van der Waals surface area contributed by atoms with E-state index in [2.05, 4.69) is 24.6 Å². The van der Waals surface area contributed by atoms with Crippen LogP contribution in [0.5, 0.6) is 0 Å². The van der Waals surface area contributed by atoms with Gasteiger partial charge < -0.3 is 5.73 Å². The van der Waals surface area contributed by atoms with Gasteiger partial charge in [0.15, 0.2) is 0 Å². The van der Waals surface area contributed by atoms with E-state index >= 15 is 0 Å². The summed E-state index contributed by atoms with van der Waals surface area (Å²) in [6.45, 7) is 0. The average molecular weight is 152 g/mol. The molecular weight excluding hydrogens is 138 g/mol. The number of hydrogen-bond acceptors (Lipinski definition) is 2. The third kappa shape index (κ3) is 4.81. The summed E-state index contributed by atoms with van der Waals surface area (Å²) in [7, 11) is 0. The first kappa shape index (κ1) is 8.66. The minimum absolute atomic E-state index is 0.547. The molecule has 0 rings (SSSR count). The van der Waals surface area contributed by atoms with E-state index in [9.17, 15) is 0 Å². The van der Waals surface area contributed by atoms with E-state index in [4.69, 9.17) is 0 Å². The van der Waals surface area contributed by atoms with Crippen LogP contribution in [-0.2, 0) is 0 Å². The normalized spacial score (nSPS) is 13.9. The lowest BCUT2D eigenvalue weighted by molar-refractivity contribution is -0.412. The van der Waals surface area contributed by atoms with Crippen molar-refractivity contribution in [3.63, 3.8) is 0 Å². The zero-order valence-corrected chi connectivity index (χ0v) is 6.97. The Morgan fingerprint density at radius 1 is 1.75 bits per heavy atom. The lowest BCUT2D eigenvalue weighted by Crippen LogP contribution is -2.62. The van der Waals surface area contributed by atoms with Gasteiger partial charge in [0, 0.05) is 12.2 Å². The topological polar surface area (TPSA) is 27.6 Å². The van der Waals surface area contributed by atoms with E-state index in [1.54, 1.807) is 0 Å². The molecule has 0 aromatic carbocycles. The third-order valence-electron chi connectivity index (χ3n) is 0.988. The molecule has 8 heavy (non-hydrogen) atoms. The molecule has 0 aromatic rings. The molecular formula is C5H14NS2+. The van der Waals surface area contributed by atoms with Gasteiger partial charge in [-0.05, 0) is 12.0 Å². The summed E-state index contributed by atoms with van der Waals surface area (Å²) >= 11 is 5.99. The van der Waals surface area contributed by atoms with Crippen LogP contribution in [0.2, 0.25) is 0 Å². The SMILES string of the molecule is CSCCC([NH3+])CS. The molecule has 0 spiro atoms. The maximum atomic E-state index is 4.12. The largest absolute Gasteiger partial charge is 0.354 e. The van der Waals surface area contributed by atoms with Gasteiger partial charge in [-0.15, -0.1) is 0 Å². The molecule has 3 N–H and O–H groups in total. The Bertz CT molecular complexity index is 49.7. The Hall–Kier alpha value is 0.660. The number of quaternary nitrogens is 1. The molecule has 1 unspecified atom stereocenters. The van der Waals surface area contributed by atoms with Gasteiger partial charge >= 0.3 is 0 Å². The summed E-state index contributed by atoms with van der Waals surface area (Å²) in [5.41, 5.74) is 3.90. The zero-order valence-electron chi connectivity index (χ0n) is 5.26. The highest BCUT2D eigenvalue weighted by Crippen LogP contribution is 1.97. The summed E-state index contributed by atoms with van der Waals surface area (Å²) in [5.74, 6) is 2.13. The number of rotatable bonds is 4. The fraction of sp³-hybridized carbons (Fsp3) is 1.00. The van der Waals surface area contributed by atoms with E-state index in [0.29, 0.717) is 6.04 Å². The summed E-state index contributed by atoms with van der Waals surface area (Å²) in [6, 6.07) is 0.547. The Balaban J connectivity index is 2.86. The van der Waals surface area contributed by atoms with Crippen LogP contribution >= 0.6 is 24.4 Å². The van der Waals surface area contributed by atoms with Crippen molar-refractivity contribution in [3.8, 4) is 0 Å². The van der Waals surface area contributed by atoms with Crippen molar-refractivity contribution < 1.29 is 5.73 Å². The highest BCUT2D eigenvalue weighted by atomic mass is 32.2. The summed E-state index contributed by atoms with van der Waals surface area (Å²) < 4.78 is 0. The minimum atomic E-state index is 0.547. The molecule has 0 amide bonds. The zero-order chi connectivity index (χ0) is 6.41.